The number of hydrogen-bond donors (Lipinski definition) is 0. The summed E-state index contributed by atoms with van der Waals surface area (Å²) in [6.07, 6.45) is 15.5. The van der Waals surface area contributed by atoms with Crippen LogP contribution in [0.2, 0.25) is 0 Å². The van der Waals surface area contributed by atoms with E-state index in [0.29, 0.717) is 12.4 Å². The van der Waals surface area contributed by atoms with Crippen molar-refractivity contribution in [2.45, 2.75) is 84.5 Å². The second-order valence-electron chi connectivity index (χ2n) is 7.65. The number of hydrogen-bond acceptors (Lipinski definition) is 3. The molecule has 1 aliphatic carbocycles. The SMILES string of the molecule is CCCCCCCC1CC=C(c2ccc(OC(=O)OCCCC)cc2)CC1. The fourth-order valence-corrected chi connectivity index (χ4v) is 3.61. The van der Waals surface area contributed by atoms with Gasteiger partial charge in [0.05, 0.1) is 6.61 Å². The lowest BCUT2D eigenvalue weighted by Gasteiger charge is -2.22. The van der Waals surface area contributed by atoms with E-state index in [0.717, 1.165) is 25.2 Å². The molecule has 1 unspecified atom stereocenters. The summed E-state index contributed by atoms with van der Waals surface area (Å²) < 4.78 is 10.2. The van der Waals surface area contributed by atoms with Gasteiger partial charge < -0.3 is 9.47 Å². The van der Waals surface area contributed by atoms with Crippen LogP contribution in [0.1, 0.15) is 90.0 Å². The Morgan fingerprint density at radius 1 is 1.00 bits per heavy atom. The van der Waals surface area contributed by atoms with Gasteiger partial charge in [0.25, 0.3) is 0 Å². The monoisotopic (exact) mass is 372 g/mol. The predicted octanol–water partition coefficient (Wildman–Crippen LogP) is 7.55. The van der Waals surface area contributed by atoms with Gasteiger partial charge in [0, 0.05) is 0 Å². The zero-order chi connectivity index (χ0) is 19.3. The maximum Gasteiger partial charge on any atom is 0.513 e. The number of ether oxygens (including phenoxy) is 2. The Labute approximate surface area is 165 Å². The summed E-state index contributed by atoms with van der Waals surface area (Å²) >= 11 is 0. The molecule has 0 amide bonds. The average Bonchev–Trinajstić information content (AvgIpc) is 2.69. The minimum atomic E-state index is -0.616. The van der Waals surface area contributed by atoms with Gasteiger partial charge >= 0.3 is 6.16 Å². The van der Waals surface area contributed by atoms with E-state index in [-0.39, 0.29) is 0 Å². The summed E-state index contributed by atoms with van der Waals surface area (Å²) in [7, 11) is 0. The number of benzene rings is 1. The molecule has 27 heavy (non-hydrogen) atoms. The Balaban J connectivity index is 1.74. The van der Waals surface area contributed by atoms with Gasteiger partial charge in [0.1, 0.15) is 5.75 Å². The van der Waals surface area contributed by atoms with Crippen molar-refractivity contribution < 1.29 is 14.3 Å². The smallest absolute Gasteiger partial charge is 0.434 e. The molecular weight excluding hydrogens is 336 g/mol. The van der Waals surface area contributed by atoms with E-state index in [9.17, 15) is 4.79 Å². The average molecular weight is 373 g/mol. The third-order valence-corrected chi connectivity index (χ3v) is 5.38. The highest BCUT2D eigenvalue weighted by Gasteiger charge is 2.15. The standard InChI is InChI=1S/C24H36O3/c1-3-5-7-8-9-10-20-11-13-21(14-12-20)22-15-17-23(18-16-22)27-24(25)26-19-6-4-2/h13,15-18,20H,3-12,14,19H2,1-2H3. The molecule has 2 rings (SSSR count). The van der Waals surface area contributed by atoms with Crippen LogP contribution in [0.5, 0.6) is 5.75 Å². The molecule has 1 aliphatic rings. The van der Waals surface area contributed by atoms with E-state index in [4.69, 9.17) is 9.47 Å². The Morgan fingerprint density at radius 3 is 2.41 bits per heavy atom. The molecule has 0 aliphatic heterocycles. The summed E-state index contributed by atoms with van der Waals surface area (Å²) in [6.45, 7) is 4.74. The molecule has 3 heteroatoms. The number of allylic oxidation sites excluding steroid dienone is 2. The summed E-state index contributed by atoms with van der Waals surface area (Å²) in [5.41, 5.74) is 2.66. The van der Waals surface area contributed by atoms with Crippen LogP contribution >= 0.6 is 0 Å². The first-order chi connectivity index (χ1) is 13.2. The molecule has 3 nitrogen and oxygen atoms in total. The van der Waals surface area contributed by atoms with E-state index in [1.165, 1.54) is 62.5 Å². The predicted molar refractivity (Wildman–Crippen MR) is 112 cm³/mol. The van der Waals surface area contributed by atoms with Gasteiger partial charge in [0.15, 0.2) is 0 Å². The third-order valence-electron chi connectivity index (χ3n) is 5.38. The molecule has 0 saturated carbocycles. The molecule has 0 radical (unpaired) electrons. The first-order valence-electron chi connectivity index (χ1n) is 10.9. The second kappa shape index (κ2) is 12.6. The lowest BCUT2D eigenvalue weighted by atomic mass is 9.84. The quantitative estimate of drug-likeness (QED) is 0.228. The van der Waals surface area contributed by atoms with Crippen LogP contribution in [0.4, 0.5) is 4.79 Å². The first kappa shape index (κ1) is 21.5. The zero-order valence-corrected chi connectivity index (χ0v) is 17.2. The van der Waals surface area contributed by atoms with Gasteiger partial charge in [-0.25, -0.2) is 4.79 Å². The van der Waals surface area contributed by atoms with Crippen LogP contribution in [-0.2, 0) is 4.74 Å². The fraction of sp³-hybridized carbons (Fsp3) is 0.625. The van der Waals surface area contributed by atoms with E-state index in [1.54, 1.807) is 0 Å². The van der Waals surface area contributed by atoms with Gasteiger partial charge in [-0.05, 0) is 54.9 Å². The van der Waals surface area contributed by atoms with E-state index in [1.807, 2.05) is 24.3 Å². The van der Waals surface area contributed by atoms with Crippen LogP contribution in [0.15, 0.2) is 30.3 Å². The minimum Gasteiger partial charge on any atom is -0.434 e. The van der Waals surface area contributed by atoms with Crippen molar-refractivity contribution in [2.24, 2.45) is 5.92 Å². The van der Waals surface area contributed by atoms with Crippen LogP contribution in [-0.4, -0.2) is 12.8 Å². The molecule has 0 aromatic heterocycles. The molecule has 0 N–H and O–H groups in total. The number of carbonyl (C=O) groups excluding carboxylic acids is 1. The van der Waals surface area contributed by atoms with Gasteiger partial charge in [-0.15, -0.1) is 0 Å². The van der Waals surface area contributed by atoms with Crippen molar-refractivity contribution in [1.29, 1.82) is 0 Å². The van der Waals surface area contributed by atoms with Crippen molar-refractivity contribution in [3.8, 4) is 5.75 Å². The molecule has 150 valence electrons. The maximum absolute atomic E-state index is 11.6. The normalized spacial score (nSPS) is 16.7. The zero-order valence-electron chi connectivity index (χ0n) is 17.2. The van der Waals surface area contributed by atoms with Crippen molar-refractivity contribution in [1.82, 2.24) is 0 Å². The van der Waals surface area contributed by atoms with Crippen LogP contribution in [0.25, 0.3) is 5.57 Å². The molecule has 0 spiro atoms. The molecule has 0 heterocycles. The summed E-state index contributed by atoms with van der Waals surface area (Å²) in [5.74, 6) is 1.40. The highest BCUT2D eigenvalue weighted by Crippen LogP contribution is 2.33. The van der Waals surface area contributed by atoms with Gasteiger partial charge in [-0.3, -0.25) is 0 Å². The van der Waals surface area contributed by atoms with E-state index < -0.39 is 6.16 Å². The molecule has 1 aromatic rings. The number of unbranched alkanes of at least 4 members (excludes halogenated alkanes) is 5. The van der Waals surface area contributed by atoms with Gasteiger partial charge in [-0.2, -0.15) is 0 Å². The lowest BCUT2D eigenvalue weighted by Crippen LogP contribution is -2.11. The summed E-state index contributed by atoms with van der Waals surface area (Å²) in [4.78, 5) is 11.6. The maximum atomic E-state index is 11.6. The summed E-state index contributed by atoms with van der Waals surface area (Å²) in [6, 6.07) is 7.81. The molecule has 0 fully saturated rings. The molecule has 0 bridgehead atoms. The molecular formula is C24H36O3. The Morgan fingerprint density at radius 2 is 1.74 bits per heavy atom. The lowest BCUT2D eigenvalue weighted by molar-refractivity contribution is 0.0978. The van der Waals surface area contributed by atoms with Gasteiger partial charge in [0.2, 0.25) is 0 Å². The molecule has 1 atom stereocenters. The molecule has 1 aromatic carbocycles. The Bertz CT molecular complexity index is 574. The van der Waals surface area contributed by atoms with E-state index >= 15 is 0 Å². The first-order valence-corrected chi connectivity index (χ1v) is 10.9. The molecule has 0 saturated heterocycles. The van der Waals surface area contributed by atoms with Crippen molar-refractivity contribution >= 4 is 11.7 Å². The van der Waals surface area contributed by atoms with Crippen molar-refractivity contribution in [2.75, 3.05) is 6.61 Å². The Kier molecular flexibility index (Phi) is 10.0. The highest BCUT2D eigenvalue weighted by molar-refractivity contribution is 5.68. The van der Waals surface area contributed by atoms with Crippen molar-refractivity contribution in [3.05, 3.63) is 35.9 Å². The van der Waals surface area contributed by atoms with Crippen LogP contribution in [0, 0.1) is 5.92 Å². The second-order valence-corrected chi connectivity index (χ2v) is 7.65. The van der Waals surface area contributed by atoms with Crippen LogP contribution < -0.4 is 4.74 Å². The minimum absolute atomic E-state index is 0.417. The third kappa shape index (κ3) is 8.19. The highest BCUT2D eigenvalue weighted by atomic mass is 16.7. The van der Waals surface area contributed by atoms with Crippen LogP contribution in [0.3, 0.4) is 0 Å². The fourth-order valence-electron chi connectivity index (χ4n) is 3.61. The Hall–Kier alpha value is -1.77. The number of carbonyl (C=O) groups is 1. The number of rotatable bonds is 11. The largest absolute Gasteiger partial charge is 0.513 e. The topological polar surface area (TPSA) is 35.5 Å². The van der Waals surface area contributed by atoms with Gasteiger partial charge in [-0.1, -0.05) is 77.0 Å². The van der Waals surface area contributed by atoms with Crippen molar-refractivity contribution in [3.63, 3.8) is 0 Å². The summed E-state index contributed by atoms with van der Waals surface area (Å²) in [5, 5.41) is 0. The van der Waals surface area contributed by atoms with E-state index in [2.05, 4.69) is 19.9 Å².